The van der Waals surface area contributed by atoms with Crippen LogP contribution in [-0.2, 0) is 0 Å². The van der Waals surface area contributed by atoms with Gasteiger partial charge in [-0.25, -0.2) is 4.98 Å². The lowest BCUT2D eigenvalue weighted by atomic mass is 10.2. The van der Waals surface area contributed by atoms with Crippen molar-refractivity contribution in [1.82, 2.24) is 4.98 Å². The molecule has 0 saturated carbocycles. The summed E-state index contributed by atoms with van der Waals surface area (Å²) in [6.07, 6.45) is 0. The fraction of sp³-hybridized carbons (Fsp3) is 0.133. The Kier molecular flexibility index (Phi) is 3.51. The Morgan fingerprint density at radius 3 is 2.85 bits per heavy atom. The minimum atomic E-state index is 0.620. The number of rotatable bonds is 3. The first kappa shape index (κ1) is 13.2. The lowest BCUT2D eigenvalue weighted by Crippen LogP contribution is -1.89. The fourth-order valence-electron chi connectivity index (χ4n) is 1.98. The number of ether oxygens (including phenoxy) is 1. The molecule has 0 aliphatic heterocycles. The predicted molar refractivity (Wildman–Crippen MR) is 85.6 cm³/mol. The molecule has 2 N–H and O–H groups in total. The molecule has 20 heavy (non-hydrogen) atoms. The Bertz CT molecular complexity index is 770. The van der Waals surface area contributed by atoms with Crippen molar-refractivity contribution < 1.29 is 4.74 Å². The van der Waals surface area contributed by atoms with Crippen molar-refractivity contribution in [2.75, 3.05) is 12.3 Å². The highest BCUT2D eigenvalue weighted by molar-refractivity contribution is 7.21. The number of hydrogen-bond donors (Lipinski definition) is 1. The minimum Gasteiger partial charge on any atom is -0.494 e. The van der Waals surface area contributed by atoms with Crippen LogP contribution in [0.2, 0.25) is 5.02 Å². The smallest absolute Gasteiger partial charge is 0.126 e. The largest absolute Gasteiger partial charge is 0.494 e. The first-order valence-electron chi connectivity index (χ1n) is 6.26. The number of benzene rings is 2. The average molecular weight is 305 g/mol. The van der Waals surface area contributed by atoms with Gasteiger partial charge in [-0.2, -0.15) is 0 Å². The summed E-state index contributed by atoms with van der Waals surface area (Å²) < 4.78 is 6.59. The topological polar surface area (TPSA) is 48.1 Å². The van der Waals surface area contributed by atoms with Crippen LogP contribution in [0.3, 0.4) is 0 Å². The van der Waals surface area contributed by atoms with Gasteiger partial charge in [0.1, 0.15) is 10.8 Å². The van der Waals surface area contributed by atoms with Gasteiger partial charge < -0.3 is 10.5 Å². The third-order valence-electron chi connectivity index (χ3n) is 2.89. The maximum atomic E-state index is 6.23. The summed E-state index contributed by atoms with van der Waals surface area (Å²) >= 11 is 7.83. The second-order valence-corrected chi connectivity index (χ2v) is 5.76. The van der Waals surface area contributed by atoms with Gasteiger partial charge in [-0.15, -0.1) is 11.3 Å². The average Bonchev–Trinajstić information content (AvgIpc) is 2.81. The van der Waals surface area contributed by atoms with Gasteiger partial charge in [-0.3, -0.25) is 0 Å². The summed E-state index contributed by atoms with van der Waals surface area (Å²) in [5, 5.41) is 1.51. The van der Waals surface area contributed by atoms with Crippen molar-refractivity contribution in [3.63, 3.8) is 0 Å². The van der Waals surface area contributed by atoms with Crippen LogP contribution in [0.1, 0.15) is 6.92 Å². The maximum Gasteiger partial charge on any atom is 0.126 e. The summed E-state index contributed by atoms with van der Waals surface area (Å²) in [6.45, 7) is 2.62. The Morgan fingerprint density at radius 1 is 1.25 bits per heavy atom. The van der Waals surface area contributed by atoms with E-state index in [9.17, 15) is 0 Å². The molecule has 3 aromatic rings. The monoisotopic (exact) mass is 304 g/mol. The number of anilines is 1. The highest BCUT2D eigenvalue weighted by Crippen LogP contribution is 2.36. The van der Waals surface area contributed by atoms with E-state index < -0.39 is 0 Å². The van der Waals surface area contributed by atoms with Crippen LogP contribution in [0.15, 0.2) is 36.4 Å². The van der Waals surface area contributed by atoms with E-state index in [1.807, 2.05) is 37.3 Å². The number of fused-ring (bicyclic) bond motifs is 1. The molecule has 1 heterocycles. The van der Waals surface area contributed by atoms with Crippen molar-refractivity contribution in [3.8, 4) is 16.3 Å². The number of thiazole rings is 1. The van der Waals surface area contributed by atoms with Crippen molar-refractivity contribution >= 4 is 38.8 Å². The number of nitrogens with zero attached hydrogens (tertiary/aromatic N) is 1. The van der Waals surface area contributed by atoms with Crippen molar-refractivity contribution in [1.29, 1.82) is 0 Å². The summed E-state index contributed by atoms with van der Waals surface area (Å²) in [4.78, 5) is 4.61. The van der Waals surface area contributed by atoms with E-state index >= 15 is 0 Å². The molecule has 1 aromatic heterocycles. The van der Waals surface area contributed by atoms with Gasteiger partial charge in [0.05, 0.1) is 21.8 Å². The van der Waals surface area contributed by atoms with E-state index in [0.29, 0.717) is 17.3 Å². The molecule has 0 atom stereocenters. The van der Waals surface area contributed by atoms with E-state index in [1.54, 1.807) is 17.4 Å². The number of aromatic nitrogens is 1. The predicted octanol–water partition coefficient (Wildman–Crippen LogP) is 4.60. The van der Waals surface area contributed by atoms with Gasteiger partial charge in [-0.05, 0) is 43.3 Å². The molecule has 0 aliphatic carbocycles. The van der Waals surface area contributed by atoms with Gasteiger partial charge >= 0.3 is 0 Å². The van der Waals surface area contributed by atoms with E-state index in [2.05, 4.69) is 4.98 Å². The molecular formula is C15H13ClN2OS. The Balaban J connectivity index is 2.08. The minimum absolute atomic E-state index is 0.620. The van der Waals surface area contributed by atoms with Crippen LogP contribution in [-0.4, -0.2) is 11.6 Å². The molecule has 5 heteroatoms. The van der Waals surface area contributed by atoms with Gasteiger partial charge in [0.2, 0.25) is 0 Å². The molecule has 0 fully saturated rings. The van der Waals surface area contributed by atoms with E-state index in [4.69, 9.17) is 22.1 Å². The van der Waals surface area contributed by atoms with Crippen LogP contribution in [0.4, 0.5) is 5.69 Å². The SMILES string of the molecule is CCOc1ccc2nc(-c3ccc(N)cc3Cl)sc2c1. The second kappa shape index (κ2) is 5.31. The Labute approximate surface area is 126 Å². The van der Waals surface area contributed by atoms with Gasteiger partial charge in [0, 0.05) is 11.3 Å². The third-order valence-corrected chi connectivity index (χ3v) is 4.26. The molecule has 0 aliphatic rings. The highest BCUT2D eigenvalue weighted by atomic mass is 35.5. The number of halogens is 1. The van der Waals surface area contributed by atoms with E-state index in [-0.39, 0.29) is 0 Å². The lowest BCUT2D eigenvalue weighted by molar-refractivity contribution is 0.341. The van der Waals surface area contributed by atoms with Crippen molar-refractivity contribution in [2.24, 2.45) is 0 Å². The molecule has 0 radical (unpaired) electrons. The fourth-order valence-corrected chi connectivity index (χ4v) is 3.35. The molecule has 0 unspecified atom stereocenters. The molecule has 2 aromatic carbocycles. The highest BCUT2D eigenvalue weighted by Gasteiger charge is 2.10. The Morgan fingerprint density at radius 2 is 2.10 bits per heavy atom. The molecule has 0 saturated heterocycles. The lowest BCUT2D eigenvalue weighted by Gasteiger charge is -2.00. The maximum absolute atomic E-state index is 6.23. The summed E-state index contributed by atoms with van der Waals surface area (Å²) in [7, 11) is 0. The molecular weight excluding hydrogens is 292 g/mol. The molecule has 102 valence electrons. The second-order valence-electron chi connectivity index (χ2n) is 4.32. The van der Waals surface area contributed by atoms with E-state index in [0.717, 1.165) is 26.5 Å². The molecule has 0 spiro atoms. The van der Waals surface area contributed by atoms with Crippen molar-refractivity contribution in [2.45, 2.75) is 6.92 Å². The molecule has 0 amide bonds. The molecule has 0 bridgehead atoms. The number of hydrogen-bond acceptors (Lipinski definition) is 4. The van der Waals surface area contributed by atoms with Crippen LogP contribution in [0.5, 0.6) is 5.75 Å². The third kappa shape index (κ3) is 2.44. The van der Waals surface area contributed by atoms with Gasteiger partial charge in [0.15, 0.2) is 0 Å². The Hall–Kier alpha value is -1.78. The quantitative estimate of drug-likeness (QED) is 0.719. The van der Waals surface area contributed by atoms with Crippen LogP contribution < -0.4 is 10.5 Å². The zero-order chi connectivity index (χ0) is 14.1. The van der Waals surface area contributed by atoms with Crippen LogP contribution in [0, 0.1) is 0 Å². The van der Waals surface area contributed by atoms with E-state index in [1.165, 1.54) is 0 Å². The van der Waals surface area contributed by atoms with Gasteiger partial charge in [-0.1, -0.05) is 11.6 Å². The zero-order valence-corrected chi connectivity index (χ0v) is 12.5. The first-order valence-corrected chi connectivity index (χ1v) is 7.45. The summed E-state index contributed by atoms with van der Waals surface area (Å²) in [5.74, 6) is 0.860. The van der Waals surface area contributed by atoms with Crippen LogP contribution in [0.25, 0.3) is 20.8 Å². The van der Waals surface area contributed by atoms with Crippen molar-refractivity contribution in [3.05, 3.63) is 41.4 Å². The van der Waals surface area contributed by atoms with Crippen LogP contribution >= 0.6 is 22.9 Å². The summed E-state index contributed by atoms with van der Waals surface area (Å²) in [6, 6.07) is 11.4. The zero-order valence-electron chi connectivity index (χ0n) is 10.9. The normalized spacial score (nSPS) is 10.9. The standard InChI is InChI=1S/C15H13ClN2OS/c1-2-19-10-4-6-13-14(8-10)20-15(18-13)11-5-3-9(17)7-12(11)16/h3-8H,2,17H2,1H3. The molecule has 3 nitrogen and oxygen atoms in total. The first-order chi connectivity index (χ1) is 9.67. The molecule has 3 rings (SSSR count). The summed E-state index contributed by atoms with van der Waals surface area (Å²) in [5.41, 5.74) is 8.22. The number of nitrogen functional groups attached to an aromatic ring is 1. The number of nitrogens with two attached hydrogens (primary N) is 1. The van der Waals surface area contributed by atoms with Gasteiger partial charge in [0.25, 0.3) is 0 Å².